The molecule has 0 spiro atoms. The van der Waals surface area contributed by atoms with E-state index in [4.69, 9.17) is 0 Å². The van der Waals surface area contributed by atoms with Crippen molar-refractivity contribution in [3.8, 4) is 0 Å². The highest BCUT2D eigenvalue weighted by Crippen LogP contribution is 2.30. The van der Waals surface area contributed by atoms with Gasteiger partial charge in [0, 0.05) is 5.69 Å². The average molecular weight is 239 g/mol. The number of rotatable bonds is 2. The molecule has 88 valence electrons. The van der Waals surface area contributed by atoms with Crippen molar-refractivity contribution in [2.75, 3.05) is 5.32 Å². The lowest BCUT2D eigenvalue weighted by atomic mass is 10.2. The van der Waals surface area contributed by atoms with Crippen LogP contribution in [0.15, 0.2) is 43.0 Å². The second-order valence-corrected chi connectivity index (χ2v) is 3.33. The van der Waals surface area contributed by atoms with Gasteiger partial charge in [0.2, 0.25) is 0 Å². The van der Waals surface area contributed by atoms with Gasteiger partial charge in [-0.05, 0) is 24.3 Å². The zero-order valence-electron chi connectivity index (χ0n) is 8.57. The predicted molar refractivity (Wildman–Crippen MR) is 56.8 cm³/mol. The van der Waals surface area contributed by atoms with E-state index in [1.54, 1.807) is 0 Å². The van der Waals surface area contributed by atoms with E-state index in [0.717, 1.165) is 12.1 Å². The molecule has 0 aliphatic heterocycles. The van der Waals surface area contributed by atoms with Gasteiger partial charge in [0.05, 0.1) is 23.6 Å². The SMILES string of the molecule is FC(F)(F)c1ccc(Nc2cncnc2)cc1. The lowest BCUT2D eigenvalue weighted by Crippen LogP contribution is -2.04. The highest BCUT2D eigenvalue weighted by atomic mass is 19.4. The molecule has 1 aromatic carbocycles. The molecule has 0 amide bonds. The summed E-state index contributed by atoms with van der Waals surface area (Å²) in [6.45, 7) is 0. The van der Waals surface area contributed by atoms with Crippen molar-refractivity contribution in [1.82, 2.24) is 9.97 Å². The van der Waals surface area contributed by atoms with Crippen LogP contribution in [0.3, 0.4) is 0 Å². The van der Waals surface area contributed by atoms with Gasteiger partial charge in [0.1, 0.15) is 6.33 Å². The molecule has 3 nitrogen and oxygen atoms in total. The number of nitrogens with zero attached hydrogens (tertiary/aromatic N) is 2. The molecule has 2 rings (SSSR count). The number of benzene rings is 1. The monoisotopic (exact) mass is 239 g/mol. The van der Waals surface area contributed by atoms with Crippen LogP contribution in [0.25, 0.3) is 0 Å². The lowest BCUT2D eigenvalue weighted by Gasteiger charge is -2.08. The summed E-state index contributed by atoms with van der Waals surface area (Å²) >= 11 is 0. The normalized spacial score (nSPS) is 11.2. The van der Waals surface area contributed by atoms with Crippen molar-refractivity contribution in [3.63, 3.8) is 0 Å². The first-order valence-electron chi connectivity index (χ1n) is 4.75. The molecule has 0 saturated heterocycles. The first-order chi connectivity index (χ1) is 8.05. The Labute approximate surface area is 95.3 Å². The van der Waals surface area contributed by atoms with E-state index >= 15 is 0 Å². The molecule has 0 unspecified atom stereocenters. The van der Waals surface area contributed by atoms with Crippen molar-refractivity contribution >= 4 is 11.4 Å². The Morgan fingerprint density at radius 3 is 2.00 bits per heavy atom. The van der Waals surface area contributed by atoms with Crippen LogP contribution in [-0.4, -0.2) is 9.97 Å². The fourth-order valence-corrected chi connectivity index (χ4v) is 1.27. The van der Waals surface area contributed by atoms with E-state index in [0.29, 0.717) is 11.4 Å². The van der Waals surface area contributed by atoms with Crippen LogP contribution in [-0.2, 0) is 6.18 Å². The Morgan fingerprint density at radius 1 is 0.882 bits per heavy atom. The first kappa shape index (κ1) is 11.4. The molecule has 0 fully saturated rings. The molecule has 0 saturated carbocycles. The van der Waals surface area contributed by atoms with Crippen molar-refractivity contribution < 1.29 is 13.2 Å². The smallest absolute Gasteiger partial charge is 0.353 e. The molecule has 0 aliphatic carbocycles. The minimum Gasteiger partial charge on any atom is -0.353 e. The van der Waals surface area contributed by atoms with Gasteiger partial charge in [-0.1, -0.05) is 0 Å². The molecular weight excluding hydrogens is 231 g/mol. The van der Waals surface area contributed by atoms with Crippen LogP contribution in [0.1, 0.15) is 5.56 Å². The topological polar surface area (TPSA) is 37.8 Å². The molecule has 2 aromatic rings. The Hall–Kier alpha value is -2.11. The zero-order valence-corrected chi connectivity index (χ0v) is 8.57. The average Bonchev–Trinajstić information content (AvgIpc) is 2.30. The van der Waals surface area contributed by atoms with Crippen LogP contribution in [0.4, 0.5) is 24.5 Å². The number of hydrogen-bond donors (Lipinski definition) is 1. The number of nitrogens with one attached hydrogen (secondary N) is 1. The van der Waals surface area contributed by atoms with Crippen molar-refractivity contribution in [3.05, 3.63) is 48.5 Å². The summed E-state index contributed by atoms with van der Waals surface area (Å²) in [6, 6.07) is 4.75. The van der Waals surface area contributed by atoms with Gasteiger partial charge in [-0.3, -0.25) is 0 Å². The van der Waals surface area contributed by atoms with Gasteiger partial charge in [0.25, 0.3) is 0 Å². The second-order valence-electron chi connectivity index (χ2n) is 3.33. The van der Waals surface area contributed by atoms with Crippen LogP contribution in [0.2, 0.25) is 0 Å². The molecule has 6 heteroatoms. The Kier molecular flexibility index (Phi) is 2.95. The fourth-order valence-electron chi connectivity index (χ4n) is 1.27. The summed E-state index contributed by atoms with van der Waals surface area (Å²) in [6.07, 6.45) is 0.127. The fraction of sp³-hybridized carbons (Fsp3) is 0.0909. The lowest BCUT2D eigenvalue weighted by molar-refractivity contribution is -0.137. The molecule has 1 aromatic heterocycles. The van der Waals surface area contributed by atoms with Gasteiger partial charge in [0.15, 0.2) is 0 Å². The third-order valence-electron chi connectivity index (χ3n) is 2.06. The van der Waals surface area contributed by atoms with Crippen LogP contribution in [0, 0.1) is 0 Å². The van der Waals surface area contributed by atoms with Gasteiger partial charge < -0.3 is 5.32 Å². The number of hydrogen-bond acceptors (Lipinski definition) is 3. The predicted octanol–water partition coefficient (Wildman–Crippen LogP) is 3.24. The molecule has 0 radical (unpaired) electrons. The van der Waals surface area contributed by atoms with Crippen LogP contribution >= 0.6 is 0 Å². The molecule has 0 bridgehead atoms. The number of anilines is 2. The summed E-state index contributed by atoms with van der Waals surface area (Å²) in [5.74, 6) is 0. The summed E-state index contributed by atoms with van der Waals surface area (Å²) < 4.78 is 36.9. The quantitative estimate of drug-likeness (QED) is 0.874. The van der Waals surface area contributed by atoms with Crippen LogP contribution < -0.4 is 5.32 Å². The van der Waals surface area contributed by atoms with E-state index in [9.17, 15) is 13.2 Å². The summed E-state index contributed by atoms with van der Waals surface area (Å²) in [5.41, 5.74) is 0.493. The van der Waals surface area contributed by atoms with E-state index < -0.39 is 11.7 Å². The maximum atomic E-state index is 12.3. The van der Waals surface area contributed by atoms with E-state index in [2.05, 4.69) is 15.3 Å². The zero-order chi connectivity index (χ0) is 12.3. The molecule has 17 heavy (non-hydrogen) atoms. The van der Waals surface area contributed by atoms with Crippen molar-refractivity contribution in [2.24, 2.45) is 0 Å². The molecule has 0 atom stereocenters. The van der Waals surface area contributed by atoms with Gasteiger partial charge in [-0.25, -0.2) is 9.97 Å². The number of aromatic nitrogens is 2. The van der Waals surface area contributed by atoms with E-state index in [-0.39, 0.29) is 0 Å². The molecule has 0 aliphatic rings. The molecule has 1 N–H and O–H groups in total. The van der Waals surface area contributed by atoms with E-state index in [1.807, 2.05) is 0 Å². The van der Waals surface area contributed by atoms with Gasteiger partial charge in [-0.2, -0.15) is 13.2 Å². The summed E-state index contributed by atoms with van der Waals surface area (Å²) in [5, 5.41) is 2.89. The minimum absolute atomic E-state index is 0.549. The highest BCUT2D eigenvalue weighted by molar-refractivity contribution is 5.57. The standard InChI is InChI=1S/C11H8F3N3/c12-11(13,14)8-1-3-9(4-2-8)17-10-5-15-7-16-6-10/h1-7,17H. The number of halogens is 3. The Balaban J connectivity index is 2.14. The first-order valence-corrected chi connectivity index (χ1v) is 4.75. The van der Waals surface area contributed by atoms with Gasteiger partial charge in [-0.15, -0.1) is 0 Å². The van der Waals surface area contributed by atoms with Crippen LogP contribution in [0.5, 0.6) is 0 Å². The largest absolute Gasteiger partial charge is 0.416 e. The maximum Gasteiger partial charge on any atom is 0.416 e. The summed E-state index contributed by atoms with van der Waals surface area (Å²) in [4.78, 5) is 7.57. The Morgan fingerprint density at radius 2 is 1.47 bits per heavy atom. The maximum absolute atomic E-state index is 12.3. The minimum atomic E-state index is -4.31. The highest BCUT2D eigenvalue weighted by Gasteiger charge is 2.29. The van der Waals surface area contributed by atoms with Gasteiger partial charge >= 0.3 is 6.18 Å². The number of alkyl halides is 3. The molecule has 1 heterocycles. The third kappa shape index (κ3) is 2.93. The van der Waals surface area contributed by atoms with Crippen molar-refractivity contribution in [1.29, 1.82) is 0 Å². The Bertz CT molecular complexity index is 480. The third-order valence-corrected chi connectivity index (χ3v) is 2.06. The van der Waals surface area contributed by atoms with E-state index in [1.165, 1.54) is 30.9 Å². The van der Waals surface area contributed by atoms with Crippen molar-refractivity contribution in [2.45, 2.75) is 6.18 Å². The summed E-state index contributed by atoms with van der Waals surface area (Å²) in [7, 11) is 0. The molecular formula is C11H8F3N3. The second kappa shape index (κ2) is 4.40.